The van der Waals surface area contributed by atoms with Gasteiger partial charge >= 0.3 is 0 Å². The highest BCUT2D eigenvalue weighted by Gasteiger charge is 2.14. The third-order valence-corrected chi connectivity index (χ3v) is 4.43. The number of guanidine groups is 1. The number of hydrogen-bond acceptors (Lipinski definition) is 4. The van der Waals surface area contributed by atoms with Crippen molar-refractivity contribution in [1.29, 1.82) is 0 Å². The van der Waals surface area contributed by atoms with Crippen molar-refractivity contribution in [2.45, 2.75) is 45.3 Å². The van der Waals surface area contributed by atoms with Crippen molar-refractivity contribution in [3.05, 3.63) is 29.3 Å². The molecule has 1 fully saturated rings. The number of ether oxygens (including phenoxy) is 3. The van der Waals surface area contributed by atoms with Crippen LogP contribution in [0.3, 0.4) is 0 Å². The van der Waals surface area contributed by atoms with Gasteiger partial charge in [0.25, 0.3) is 0 Å². The molecule has 0 spiro atoms. The minimum atomic E-state index is 0. The summed E-state index contributed by atoms with van der Waals surface area (Å²) < 4.78 is 16.7. The predicted molar refractivity (Wildman–Crippen MR) is 120 cm³/mol. The van der Waals surface area contributed by atoms with Crippen LogP contribution in [0.2, 0.25) is 0 Å². The largest absolute Gasteiger partial charge is 0.493 e. The second-order valence-electron chi connectivity index (χ2n) is 6.58. The van der Waals surface area contributed by atoms with Gasteiger partial charge in [-0.1, -0.05) is 12.1 Å². The van der Waals surface area contributed by atoms with E-state index in [4.69, 9.17) is 14.2 Å². The first-order valence-corrected chi connectivity index (χ1v) is 9.50. The van der Waals surface area contributed by atoms with Crippen LogP contribution < -0.4 is 15.4 Å². The second kappa shape index (κ2) is 14.0. The summed E-state index contributed by atoms with van der Waals surface area (Å²) in [6, 6.07) is 6.29. The van der Waals surface area contributed by atoms with Gasteiger partial charge in [-0.15, -0.1) is 24.0 Å². The predicted octanol–water partition coefficient (Wildman–Crippen LogP) is 3.26. The molecular weight excluding hydrogens is 457 g/mol. The van der Waals surface area contributed by atoms with Gasteiger partial charge in [-0.2, -0.15) is 0 Å². The van der Waals surface area contributed by atoms with Crippen LogP contribution in [0.1, 0.15) is 36.8 Å². The molecule has 0 bridgehead atoms. The molecular formula is C20H34IN3O3. The van der Waals surface area contributed by atoms with E-state index in [0.717, 1.165) is 43.3 Å². The van der Waals surface area contributed by atoms with E-state index < -0.39 is 0 Å². The van der Waals surface area contributed by atoms with Gasteiger partial charge in [0, 0.05) is 52.4 Å². The Hall–Kier alpha value is -1.06. The zero-order chi connectivity index (χ0) is 18.6. The number of nitrogens with zero attached hydrogens (tertiary/aromatic N) is 1. The minimum absolute atomic E-state index is 0. The third-order valence-electron chi connectivity index (χ3n) is 4.43. The van der Waals surface area contributed by atoms with Gasteiger partial charge < -0.3 is 24.8 Å². The Morgan fingerprint density at radius 3 is 2.85 bits per heavy atom. The van der Waals surface area contributed by atoms with Crippen LogP contribution in [0.15, 0.2) is 23.2 Å². The SMILES string of the molecule is CN=C(NCCC1CCCO1)NCc1ccc(C)cc1OCCCOC.I. The summed E-state index contributed by atoms with van der Waals surface area (Å²) in [6.07, 6.45) is 4.63. The van der Waals surface area contributed by atoms with Crippen molar-refractivity contribution in [1.82, 2.24) is 10.6 Å². The molecule has 1 saturated heterocycles. The summed E-state index contributed by atoms with van der Waals surface area (Å²) in [7, 11) is 3.50. The highest BCUT2D eigenvalue weighted by atomic mass is 127. The van der Waals surface area contributed by atoms with Gasteiger partial charge in [0.1, 0.15) is 5.75 Å². The maximum Gasteiger partial charge on any atom is 0.191 e. The van der Waals surface area contributed by atoms with Crippen LogP contribution in [0.5, 0.6) is 5.75 Å². The van der Waals surface area contributed by atoms with Gasteiger partial charge in [-0.25, -0.2) is 0 Å². The first-order chi connectivity index (χ1) is 12.7. The Morgan fingerprint density at radius 2 is 2.15 bits per heavy atom. The molecule has 0 aromatic heterocycles. The van der Waals surface area contributed by atoms with Gasteiger partial charge in [0.2, 0.25) is 0 Å². The summed E-state index contributed by atoms with van der Waals surface area (Å²) >= 11 is 0. The van der Waals surface area contributed by atoms with Crippen molar-refractivity contribution in [2.24, 2.45) is 4.99 Å². The Kier molecular flexibility index (Phi) is 12.4. The van der Waals surface area contributed by atoms with Crippen LogP contribution in [0.4, 0.5) is 0 Å². The molecule has 0 saturated carbocycles. The maximum absolute atomic E-state index is 5.94. The molecule has 0 amide bonds. The molecule has 6 nitrogen and oxygen atoms in total. The molecule has 1 heterocycles. The lowest BCUT2D eigenvalue weighted by molar-refractivity contribution is 0.105. The molecule has 1 aliphatic rings. The third kappa shape index (κ3) is 9.12. The van der Waals surface area contributed by atoms with E-state index >= 15 is 0 Å². The molecule has 1 aliphatic heterocycles. The molecule has 7 heteroatoms. The number of benzene rings is 1. The lowest BCUT2D eigenvalue weighted by Gasteiger charge is -2.16. The number of aliphatic imine (C=N–C) groups is 1. The van der Waals surface area contributed by atoms with Crippen LogP contribution in [-0.2, 0) is 16.0 Å². The van der Waals surface area contributed by atoms with Crippen molar-refractivity contribution in [3.63, 3.8) is 0 Å². The topological polar surface area (TPSA) is 64.1 Å². The molecule has 2 N–H and O–H groups in total. The number of rotatable bonds is 10. The Labute approximate surface area is 180 Å². The van der Waals surface area contributed by atoms with E-state index in [-0.39, 0.29) is 24.0 Å². The van der Waals surface area contributed by atoms with Crippen molar-refractivity contribution in [2.75, 3.05) is 40.5 Å². The van der Waals surface area contributed by atoms with Gasteiger partial charge in [-0.3, -0.25) is 4.99 Å². The fourth-order valence-corrected chi connectivity index (χ4v) is 2.95. The molecule has 2 rings (SSSR count). The number of halogens is 1. The Balaban J connectivity index is 0.00000364. The van der Waals surface area contributed by atoms with Crippen LogP contribution >= 0.6 is 24.0 Å². The summed E-state index contributed by atoms with van der Waals surface area (Å²) in [5.41, 5.74) is 2.31. The number of hydrogen-bond donors (Lipinski definition) is 2. The first kappa shape index (κ1) is 24.0. The fraction of sp³-hybridized carbons (Fsp3) is 0.650. The molecule has 27 heavy (non-hydrogen) atoms. The minimum Gasteiger partial charge on any atom is -0.493 e. The van der Waals surface area contributed by atoms with Gasteiger partial charge in [-0.05, 0) is 37.8 Å². The highest BCUT2D eigenvalue weighted by molar-refractivity contribution is 14.0. The number of nitrogens with one attached hydrogen (secondary N) is 2. The number of methoxy groups -OCH3 is 1. The van der Waals surface area contributed by atoms with E-state index in [9.17, 15) is 0 Å². The molecule has 154 valence electrons. The maximum atomic E-state index is 5.94. The zero-order valence-electron chi connectivity index (χ0n) is 16.8. The van der Waals surface area contributed by atoms with E-state index in [1.807, 2.05) is 0 Å². The summed E-state index contributed by atoms with van der Waals surface area (Å²) in [4.78, 5) is 4.30. The molecule has 1 aromatic rings. The number of aryl methyl sites for hydroxylation is 1. The summed E-state index contributed by atoms with van der Waals surface area (Å²) in [6.45, 7) is 5.86. The second-order valence-corrected chi connectivity index (χ2v) is 6.58. The van der Waals surface area contributed by atoms with E-state index in [2.05, 4.69) is 40.7 Å². The van der Waals surface area contributed by atoms with Gasteiger partial charge in [0.05, 0.1) is 12.7 Å². The van der Waals surface area contributed by atoms with Crippen LogP contribution in [0.25, 0.3) is 0 Å². The first-order valence-electron chi connectivity index (χ1n) is 9.50. The smallest absolute Gasteiger partial charge is 0.191 e. The molecule has 1 atom stereocenters. The summed E-state index contributed by atoms with van der Waals surface area (Å²) in [5.74, 6) is 1.72. The van der Waals surface area contributed by atoms with Gasteiger partial charge in [0.15, 0.2) is 5.96 Å². The van der Waals surface area contributed by atoms with E-state index in [1.165, 1.54) is 18.4 Å². The lowest BCUT2D eigenvalue weighted by Crippen LogP contribution is -2.38. The van der Waals surface area contributed by atoms with Crippen molar-refractivity contribution in [3.8, 4) is 5.75 Å². The molecule has 0 radical (unpaired) electrons. The molecule has 1 aromatic carbocycles. The van der Waals surface area contributed by atoms with Crippen molar-refractivity contribution < 1.29 is 14.2 Å². The highest BCUT2D eigenvalue weighted by Crippen LogP contribution is 2.20. The average Bonchev–Trinajstić information content (AvgIpc) is 3.16. The quantitative estimate of drug-likeness (QED) is 0.228. The Morgan fingerprint density at radius 1 is 1.30 bits per heavy atom. The lowest BCUT2D eigenvalue weighted by atomic mass is 10.1. The Bertz CT molecular complexity index is 563. The standard InChI is InChI=1S/C20H33N3O3.HI/c1-16-7-8-17(19(14-16)26-13-5-11-24-3)15-23-20(21-2)22-10-9-18-6-4-12-25-18;/h7-8,14,18H,4-6,9-13,15H2,1-3H3,(H2,21,22,23);1H. The normalized spacial score (nSPS) is 16.7. The van der Waals surface area contributed by atoms with Crippen LogP contribution in [0, 0.1) is 6.92 Å². The molecule has 1 unspecified atom stereocenters. The monoisotopic (exact) mass is 491 g/mol. The average molecular weight is 491 g/mol. The molecule has 0 aliphatic carbocycles. The van der Waals surface area contributed by atoms with E-state index in [1.54, 1.807) is 14.2 Å². The van der Waals surface area contributed by atoms with Crippen molar-refractivity contribution >= 4 is 29.9 Å². The zero-order valence-corrected chi connectivity index (χ0v) is 19.1. The fourth-order valence-electron chi connectivity index (χ4n) is 2.95. The summed E-state index contributed by atoms with van der Waals surface area (Å²) in [5, 5.41) is 6.72. The van der Waals surface area contributed by atoms with Crippen LogP contribution in [-0.4, -0.2) is 52.6 Å². The van der Waals surface area contributed by atoms with E-state index in [0.29, 0.717) is 25.9 Å².